The zero-order valence-corrected chi connectivity index (χ0v) is 34.7. The molecule has 8 heteroatoms. The van der Waals surface area contributed by atoms with E-state index in [2.05, 4.69) is 19.2 Å². The van der Waals surface area contributed by atoms with Crippen LogP contribution >= 0.6 is 0 Å². The molecule has 0 bridgehead atoms. The third kappa shape index (κ3) is 32.9. The Morgan fingerprint density at radius 2 is 0.827 bits per heavy atom. The number of hydrogen-bond donors (Lipinski definition) is 4. The smallest absolute Gasteiger partial charge is 0.242 e. The van der Waals surface area contributed by atoms with Gasteiger partial charge in [-0.05, 0) is 32.2 Å². The number of primary amides is 1. The molecular formula is C44H89N5O3. The Kier molecular flexibility index (Phi) is 37.8. The van der Waals surface area contributed by atoms with E-state index in [0.29, 0.717) is 19.4 Å². The van der Waals surface area contributed by atoms with Crippen LogP contribution in [0, 0.1) is 0 Å². The quantitative estimate of drug-likeness (QED) is 0.0462. The first kappa shape index (κ1) is 50.3. The first-order valence-electron chi connectivity index (χ1n) is 22.7. The van der Waals surface area contributed by atoms with Crippen molar-refractivity contribution in [2.45, 2.75) is 244 Å². The number of nitrogens with zero attached hydrogens (tertiary/aromatic N) is 1. The molecule has 0 aliphatic rings. The highest BCUT2D eigenvalue weighted by Gasteiger charge is 2.25. The fourth-order valence-electron chi connectivity index (χ4n) is 7.41. The van der Waals surface area contributed by atoms with Crippen molar-refractivity contribution in [3.05, 3.63) is 0 Å². The minimum Gasteiger partial charge on any atom is -0.368 e. The van der Waals surface area contributed by atoms with Crippen molar-refractivity contribution in [2.75, 3.05) is 19.6 Å². The van der Waals surface area contributed by atoms with Gasteiger partial charge in [-0.25, -0.2) is 0 Å². The molecule has 52 heavy (non-hydrogen) atoms. The normalized spacial score (nSPS) is 12.0. The van der Waals surface area contributed by atoms with E-state index in [-0.39, 0.29) is 30.9 Å². The number of hydrogen-bond acceptors (Lipinski definition) is 5. The molecule has 7 N–H and O–H groups in total. The van der Waals surface area contributed by atoms with Gasteiger partial charge in [-0.3, -0.25) is 14.4 Å². The topological polar surface area (TPSA) is 145 Å². The monoisotopic (exact) mass is 736 g/mol. The predicted octanol–water partition coefficient (Wildman–Crippen LogP) is 10.4. The first-order chi connectivity index (χ1) is 25.4. The molecule has 0 aliphatic heterocycles. The Morgan fingerprint density at radius 1 is 0.500 bits per heavy atom. The molecule has 0 aromatic carbocycles. The van der Waals surface area contributed by atoms with Crippen LogP contribution in [0.1, 0.15) is 232 Å². The molecule has 0 aromatic rings. The van der Waals surface area contributed by atoms with Crippen molar-refractivity contribution in [3.8, 4) is 0 Å². The van der Waals surface area contributed by atoms with Crippen LogP contribution in [0.3, 0.4) is 0 Å². The summed E-state index contributed by atoms with van der Waals surface area (Å²) in [4.78, 5) is 39.7. The van der Waals surface area contributed by atoms with E-state index >= 15 is 0 Å². The second kappa shape index (κ2) is 39.0. The second-order valence-electron chi connectivity index (χ2n) is 15.9. The standard InChI is InChI=1S/C44H89N5O3/c1-3-5-7-9-11-13-15-17-19-21-23-25-27-29-31-34-40(35-32-30-28-26-24-22-20-18-16-14-12-10-8-6-4-2)49(39-42(47)50)43(51)38-48-44(52)41(46)36-33-37-45/h40-41H,3-39,45-46H2,1-2H3,(H2,47,50)(H,48,52)/t41-/m0/s1. The van der Waals surface area contributed by atoms with E-state index in [1.54, 1.807) is 4.90 Å². The minimum atomic E-state index is -0.697. The highest BCUT2D eigenvalue weighted by molar-refractivity contribution is 5.89. The lowest BCUT2D eigenvalue weighted by Crippen LogP contribution is -2.51. The van der Waals surface area contributed by atoms with Crippen molar-refractivity contribution < 1.29 is 14.4 Å². The summed E-state index contributed by atoms with van der Waals surface area (Å²) in [5.41, 5.74) is 17.2. The van der Waals surface area contributed by atoms with Gasteiger partial charge in [0, 0.05) is 6.04 Å². The van der Waals surface area contributed by atoms with E-state index in [1.807, 2.05) is 0 Å². The maximum atomic E-state index is 13.4. The van der Waals surface area contributed by atoms with Crippen molar-refractivity contribution >= 4 is 17.7 Å². The summed E-state index contributed by atoms with van der Waals surface area (Å²) in [5.74, 6) is -1.13. The summed E-state index contributed by atoms with van der Waals surface area (Å²) in [7, 11) is 0. The highest BCUT2D eigenvalue weighted by atomic mass is 16.2. The van der Waals surface area contributed by atoms with Crippen LogP contribution < -0.4 is 22.5 Å². The summed E-state index contributed by atoms with van der Waals surface area (Å²) in [6.07, 6.45) is 42.3. The van der Waals surface area contributed by atoms with Gasteiger partial charge in [0.25, 0.3) is 0 Å². The maximum absolute atomic E-state index is 13.4. The van der Waals surface area contributed by atoms with Crippen LogP contribution in [0.2, 0.25) is 0 Å². The molecule has 0 radical (unpaired) electrons. The molecule has 1 atom stereocenters. The molecule has 0 rings (SSSR count). The molecule has 0 spiro atoms. The SMILES string of the molecule is CCCCCCCCCCCCCCCCCC(CCCCCCCCCCCCCCCCC)N(CC(N)=O)C(=O)CNC(=O)[C@@H](N)CCCN. The first-order valence-corrected chi connectivity index (χ1v) is 22.7. The molecule has 0 saturated heterocycles. The van der Waals surface area contributed by atoms with E-state index < -0.39 is 11.9 Å². The number of nitrogens with one attached hydrogen (secondary N) is 1. The van der Waals surface area contributed by atoms with Crippen molar-refractivity contribution in [3.63, 3.8) is 0 Å². The van der Waals surface area contributed by atoms with Crippen LogP contribution in [0.15, 0.2) is 0 Å². The van der Waals surface area contributed by atoms with Crippen LogP contribution in [0.4, 0.5) is 0 Å². The third-order valence-corrected chi connectivity index (χ3v) is 10.8. The van der Waals surface area contributed by atoms with Crippen LogP contribution in [0.25, 0.3) is 0 Å². The maximum Gasteiger partial charge on any atom is 0.242 e. The molecule has 308 valence electrons. The van der Waals surface area contributed by atoms with Crippen molar-refractivity contribution in [1.29, 1.82) is 0 Å². The highest BCUT2D eigenvalue weighted by Crippen LogP contribution is 2.20. The van der Waals surface area contributed by atoms with Gasteiger partial charge < -0.3 is 27.4 Å². The van der Waals surface area contributed by atoms with E-state index in [0.717, 1.165) is 38.5 Å². The van der Waals surface area contributed by atoms with Gasteiger partial charge in [0.2, 0.25) is 17.7 Å². The van der Waals surface area contributed by atoms with Gasteiger partial charge in [0.1, 0.15) is 0 Å². The van der Waals surface area contributed by atoms with Gasteiger partial charge in [0.05, 0.1) is 19.1 Å². The minimum absolute atomic E-state index is 0.0493. The van der Waals surface area contributed by atoms with Gasteiger partial charge in [-0.2, -0.15) is 0 Å². The number of carbonyl (C=O) groups excluding carboxylic acids is 3. The number of rotatable bonds is 41. The number of amides is 3. The summed E-state index contributed by atoms with van der Waals surface area (Å²) >= 11 is 0. The Labute approximate surface area is 322 Å². The zero-order chi connectivity index (χ0) is 38.3. The lowest BCUT2D eigenvalue weighted by atomic mass is 9.98. The number of nitrogens with two attached hydrogens (primary N) is 3. The van der Waals surface area contributed by atoms with Gasteiger partial charge >= 0.3 is 0 Å². The van der Waals surface area contributed by atoms with Crippen molar-refractivity contribution in [1.82, 2.24) is 10.2 Å². The molecule has 0 aromatic heterocycles. The molecule has 0 aliphatic carbocycles. The lowest BCUT2D eigenvalue weighted by molar-refractivity contribution is -0.138. The van der Waals surface area contributed by atoms with Gasteiger partial charge in [0.15, 0.2) is 0 Å². The molecular weight excluding hydrogens is 647 g/mol. The molecule has 0 fully saturated rings. The number of unbranched alkanes of at least 4 members (excludes halogenated alkanes) is 28. The fraction of sp³-hybridized carbons (Fsp3) is 0.932. The molecule has 0 unspecified atom stereocenters. The lowest BCUT2D eigenvalue weighted by Gasteiger charge is -2.31. The zero-order valence-electron chi connectivity index (χ0n) is 34.7. The Bertz CT molecular complexity index is 777. The summed E-state index contributed by atoms with van der Waals surface area (Å²) in [6, 6.07) is -0.746. The molecule has 8 nitrogen and oxygen atoms in total. The average molecular weight is 736 g/mol. The van der Waals surface area contributed by atoms with Crippen molar-refractivity contribution in [2.24, 2.45) is 17.2 Å². The van der Waals surface area contributed by atoms with Gasteiger partial charge in [-0.1, -0.05) is 206 Å². The third-order valence-electron chi connectivity index (χ3n) is 10.8. The number of carbonyl (C=O) groups is 3. The summed E-state index contributed by atoms with van der Waals surface area (Å²) in [6.45, 7) is 4.73. The predicted molar refractivity (Wildman–Crippen MR) is 223 cm³/mol. The Hall–Kier alpha value is -1.67. The Balaban J connectivity index is 4.64. The van der Waals surface area contributed by atoms with E-state index in [4.69, 9.17) is 17.2 Å². The summed E-state index contributed by atoms with van der Waals surface area (Å²) in [5, 5.41) is 2.70. The van der Waals surface area contributed by atoms with Gasteiger partial charge in [-0.15, -0.1) is 0 Å². The fourth-order valence-corrected chi connectivity index (χ4v) is 7.41. The second-order valence-corrected chi connectivity index (χ2v) is 15.9. The van der Waals surface area contributed by atoms with Crippen LogP contribution in [-0.2, 0) is 14.4 Å². The average Bonchev–Trinajstić information content (AvgIpc) is 3.13. The van der Waals surface area contributed by atoms with E-state index in [1.165, 1.54) is 167 Å². The van der Waals surface area contributed by atoms with Crippen LogP contribution in [0.5, 0.6) is 0 Å². The molecule has 0 saturated carbocycles. The molecule has 3 amide bonds. The largest absolute Gasteiger partial charge is 0.368 e. The van der Waals surface area contributed by atoms with E-state index in [9.17, 15) is 14.4 Å². The molecule has 0 heterocycles. The Morgan fingerprint density at radius 3 is 1.13 bits per heavy atom. The summed E-state index contributed by atoms with van der Waals surface area (Å²) < 4.78 is 0. The van der Waals surface area contributed by atoms with Crippen LogP contribution in [-0.4, -0.2) is 54.3 Å².